The molecule has 0 aromatic heterocycles. The Balaban J connectivity index is -0.000000180. The van der Waals surface area contributed by atoms with Crippen LogP contribution in [0.2, 0.25) is 0 Å². The average molecular weight is 204 g/mol. The Labute approximate surface area is 84.9 Å². The number of rotatable bonds is 3. The first kappa shape index (κ1) is 16.6. The van der Waals surface area contributed by atoms with Gasteiger partial charge in [0.2, 0.25) is 0 Å². The predicted molar refractivity (Wildman–Crippen MR) is 39.5 cm³/mol. The van der Waals surface area contributed by atoms with Crippen LogP contribution in [-0.4, -0.2) is 13.1 Å². The summed E-state index contributed by atoms with van der Waals surface area (Å²) in [5.41, 5.74) is 0. The van der Waals surface area contributed by atoms with Gasteiger partial charge in [0.05, 0.1) is 0 Å². The molecule has 0 fully saturated rings. The van der Waals surface area contributed by atoms with Crippen LogP contribution in [0.25, 0.3) is 0 Å². The molecule has 52 valence electrons. The largest absolute Gasteiger partial charge is 3.00 e. The van der Waals surface area contributed by atoms with Gasteiger partial charge in [-0.3, -0.25) is 0 Å². The van der Waals surface area contributed by atoms with Crippen molar-refractivity contribution < 1.29 is 32.7 Å². The molecule has 9 heavy (non-hydrogen) atoms. The summed E-state index contributed by atoms with van der Waals surface area (Å²) >= 11 is 0. The van der Waals surface area contributed by atoms with Crippen molar-refractivity contribution in [3.8, 4) is 0 Å². The molecule has 0 radical (unpaired) electrons. The maximum Gasteiger partial charge on any atom is 3.00 e. The quantitative estimate of drug-likeness (QED) is 0.689. The normalized spacial score (nSPS) is 11.0. The number of hydrogen-bond donors (Lipinski definition) is 1. The van der Waals surface area contributed by atoms with Crippen molar-refractivity contribution in [1.29, 1.82) is 0 Å². The van der Waals surface area contributed by atoms with E-state index < -0.39 is 0 Å². The van der Waals surface area contributed by atoms with Crippen LogP contribution in [0.5, 0.6) is 0 Å². The van der Waals surface area contributed by atoms with Crippen LogP contribution >= 0.6 is 0 Å². The second kappa shape index (κ2) is 11.8. The van der Waals surface area contributed by atoms with Crippen molar-refractivity contribution >= 4 is 0 Å². The predicted octanol–water partition coefficient (Wildman–Crippen LogP) is 1.66. The van der Waals surface area contributed by atoms with E-state index in [4.69, 9.17) is 0 Å². The Morgan fingerprint density at radius 1 is 1.56 bits per heavy atom. The molecule has 0 aromatic carbocycles. The Kier molecular flexibility index (Phi) is 21.7. The summed E-state index contributed by atoms with van der Waals surface area (Å²) in [5, 5.41) is 3.13. The minimum absolute atomic E-state index is 0. The fourth-order valence-corrected chi connectivity index (χ4v) is 0.471. The number of hydrogen-bond acceptors (Lipinski definition) is 1. The molecule has 0 spiro atoms. The molecule has 0 aromatic rings. The summed E-state index contributed by atoms with van der Waals surface area (Å²) in [5.74, 6) is 0. The molecule has 1 unspecified atom stereocenters. The van der Waals surface area contributed by atoms with Gasteiger partial charge in [-0.2, -0.15) is 13.3 Å². The molecular formula is C7H17NY+. The standard InChI is InChI=1S/C6H14N.CH3.Y/c1-4-5-6(2)7-3;;/h4,6-7H,5H2,1-3H3;1H3;/q2*-1;+3. The van der Waals surface area contributed by atoms with Crippen molar-refractivity contribution in [2.45, 2.75) is 26.3 Å². The molecular weight excluding hydrogens is 187 g/mol. The second-order valence-electron chi connectivity index (χ2n) is 1.83. The second-order valence-corrected chi connectivity index (χ2v) is 1.83. The molecule has 0 rings (SSSR count). The summed E-state index contributed by atoms with van der Waals surface area (Å²) in [6.45, 7) is 4.24. The molecule has 0 saturated heterocycles. The molecule has 1 nitrogen and oxygen atoms in total. The molecule has 0 aliphatic rings. The first-order chi connectivity index (χ1) is 3.31. The third kappa shape index (κ3) is 12.3. The van der Waals surface area contributed by atoms with Gasteiger partial charge in [-0.15, -0.1) is 0 Å². The van der Waals surface area contributed by atoms with E-state index in [1.54, 1.807) is 0 Å². The van der Waals surface area contributed by atoms with Crippen molar-refractivity contribution in [2.24, 2.45) is 0 Å². The van der Waals surface area contributed by atoms with E-state index in [0.717, 1.165) is 6.42 Å². The van der Waals surface area contributed by atoms with Crippen molar-refractivity contribution in [3.05, 3.63) is 13.8 Å². The monoisotopic (exact) mass is 204 g/mol. The van der Waals surface area contributed by atoms with Gasteiger partial charge in [0, 0.05) is 0 Å². The van der Waals surface area contributed by atoms with Gasteiger partial charge in [0.1, 0.15) is 0 Å². The van der Waals surface area contributed by atoms with Gasteiger partial charge in [-0.25, -0.2) is 0 Å². The Morgan fingerprint density at radius 3 is 2.11 bits per heavy atom. The van der Waals surface area contributed by atoms with Crippen LogP contribution in [0.4, 0.5) is 0 Å². The van der Waals surface area contributed by atoms with Gasteiger partial charge in [0.15, 0.2) is 0 Å². The third-order valence-corrected chi connectivity index (χ3v) is 1.08. The fraction of sp³-hybridized carbons (Fsp3) is 0.714. The Morgan fingerprint density at radius 2 is 2.00 bits per heavy atom. The van der Waals surface area contributed by atoms with Gasteiger partial charge < -0.3 is 19.2 Å². The van der Waals surface area contributed by atoms with E-state index in [1.165, 1.54) is 0 Å². The fourth-order valence-electron chi connectivity index (χ4n) is 0.471. The molecule has 0 amide bonds. The molecule has 0 aliphatic carbocycles. The van der Waals surface area contributed by atoms with Crippen LogP contribution in [0.3, 0.4) is 0 Å². The summed E-state index contributed by atoms with van der Waals surface area (Å²) in [7, 11) is 1.98. The Bertz CT molecular complexity index is 39.9. The van der Waals surface area contributed by atoms with Crippen LogP contribution in [-0.2, 0) is 32.7 Å². The van der Waals surface area contributed by atoms with E-state index in [0.29, 0.717) is 6.04 Å². The van der Waals surface area contributed by atoms with E-state index in [9.17, 15) is 0 Å². The first-order valence-corrected chi connectivity index (χ1v) is 2.76. The van der Waals surface area contributed by atoms with Crippen LogP contribution in [0.15, 0.2) is 0 Å². The SMILES string of the molecule is C[CH-]CC(C)NC.[CH3-].[Y+3]. The summed E-state index contributed by atoms with van der Waals surface area (Å²) in [6.07, 6.45) is 3.33. The topological polar surface area (TPSA) is 12.0 Å². The zero-order valence-corrected chi connectivity index (χ0v) is 9.78. The summed E-state index contributed by atoms with van der Waals surface area (Å²) in [4.78, 5) is 0. The maximum atomic E-state index is 3.13. The van der Waals surface area contributed by atoms with Gasteiger partial charge >= 0.3 is 32.7 Å². The molecule has 2 heteroatoms. The molecule has 0 aliphatic heterocycles. The van der Waals surface area contributed by atoms with E-state index >= 15 is 0 Å². The van der Waals surface area contributed by atoms with Crippen molar-refractivity contribution in [2.75, 3.05) is 7.05 Å². The Hall–Kier alpha value is 1.06. The number of nitrogens with one attached hydrogen (secondary N) is 1. The first-order valence-electron chi connectivity index (χ1n) is 2.76. The van der Waals surface area contributed by atoms with Gasteiger partial charge in [-0.1, -0.05) is 6.92 Å². The van der Waals surface area contributed by atoms with Crippen LogP contribution < -0.4 is 5.32 Å². The summed E-state index contributed by atoms with van der Waals surface area (Å²) in [6, 6.07) is 0.644. The van der Waals surface area contributed by atoms with E-state index in [1.807, 2.05) is 7.05 Å². The van der Waals surface area contributed by atoms with Crippen molar-refractivity contribution in [3.63, 3.8) is 0 Å². The molecule has 0 heterocycles. The molecule has 1 N–H and O–H groups in total. The zero-order chi connectivity index (χ0) is 5.70. The summed E-state index contributed by atoms with van der Waals surface area (Å²) < 4.78 is 0. The van der Waals surface area contributed by atoms with Crippen LogP contribution in [0.1, 0.15) is 20.3 Å². The molecule has 0 bridgehead atoms. The molecule has 0 saturated carbocycles. The zero-order valence-electron chi connectivity index (χ0n) is 6.94. The minimum atomic E-state index is 0. The smallest absolute Gasteiger partial charge is 0.358 e. The van der Waals surface area contributed by atoms with Crippen molar-refractivity contribution in [1.82, 2.24) is 5.32 Å². The minimum Gasteiger partial charge on any atom is -0.358 e. The van der Waals surface area contributed by atoms with E-state index in [-0.39, 0.29) is 40.1 Å². The third-order valence-electron chi connectivity index (χ3n) is 1.08. The van der Waals surface area contributed by atoms with Gasteiger partial charge in [0.25, 0.3) is 0 Å². The maximum absolute atomic E-state index is 3.13. The van der Waals surface area contributed by atoms with Gasteiger partial charge in [-0.05, 0) is 13.1 Å². The molecule has 1 atom stereocenters. The van der Waals surface area contributed by atoms with Crippen LogP contribution in [0, 0.1) is 13.8 Å². The average Bonchev–Trinajstić information content (AvgIpc) is 1.68. The van der Waals surface area contributed by atoms with E-state index in [2.05, 4.69) is 25.6 Å².